The van der Waals surface area contributed by atoms with Gasteiger partial charge < -0.3 is 9.64 Å². The minimum atomic E-state index is -3.83. The van der Waals surface area contributed by atoms with Crippen LogP contribution in [0.3, 0.4) is 0 Å². The summed E-state index contributed by atoms with van der Waals surface area (Å²) in [4.78, 5) is 29.4. The molecule has 3 heterocycles. The van der Waals surface area contributed by atoms with Gasteiger partial charge in [-0.2, -0.15) is 5.10 Å². The molecule has 2 aromatic carbocycles. The number of nitrogens with one attached hydrogen (secondary N) is 1. The lowest BCUT2D eigenvalue weighted by Gasteiger charge is -2.38. The highest BCUT2D eigenvalue weighted by Gasteiger charge is 2.54. The maximum Gasteiger partial charge on any atom is 0.487 e. The molecule has 34 heavy (non-hydrogen) atoms. The molecule has 0 radical (unpaired) electrons. The third kappa shape index (κ3) is 3.69. The highest BCUT2D eigenvalue weighted by molar-refractivity contribution is 6.20. The van der Waals surface area contributed by atoms with Crippen LogP contribution in [0.1, 0.15) is 25.3 Å². The molecule has 0 atom stereocenters. The summed E-state index contributed by atoms with van der Waals surface area (Å²) >= 11 is 4.87. The Morgan fingerprint density at radius 3 is 2.44 bits per heavy atom. The molecule has 10 heteroatoms. The van der Waals surface area contributed by atoms with E-state index in [9.17, 15) is 18.4 Å². The lowest BCUT2D eigenvalue weighted by molar-refractivity contribution is -0.133. The number of amides is 2. The quantitative estimate of drug-likeness (QED) is 0.537. The molecular weight excluding hydrogens is 466 g/mol. The van der Waals surface area contributed by atoms with E-state index in [1.165, 1.54) is 19.1 Å². The summed E-state index contributed by atoms with van der Waals surface area (Å²) in [7, 11) is 0. The predicted molar refractivity (Wildman–Crippen MR) is 122 cm³/mol. The first-order valence-corrected chi connectivity index (χ1v) is 11.2. The zero-order valence-corrected chi connectivity index (χ0v) is 19.0. The molecule has 2 amide bonds. The molecule has 1 fully saturated rings. The zero-order chi connectivity index (χ0) is 24.1. The summed E-state index contributed by atoms with van der Waals surface area (Å²) in [6, 6.07) is 13.3. The number of nitrogens with zero attached hydrogens (tertiary/aromatic N) is 3. The molecule has 2 aliphatic rings. The molecule has 1 N–H and O–H groups in total. The van der Waals surface area contributed by atoms with Gasteiger partial charge in [-0.1, -0.05) is 12.1 Å². The maximum atomic E-state index is 14.1. The number of anilines is 2. The van der Waals surface area contributed by atoms with Crippen molar-refractivity contribution in [3.05, 3.63) is 60.3 Å². The SMILES string of the molecule is CC(=O)N1CCC2(CC1)C(=O)N(c1ccc(OC(F)(F)Cl)cc1)c1cccc(-c3ccn[nH]3)c12. The van der Waals surface area contributed by atoms with Crippen molar-refractivity contribution in [2.24, 2.45) is 0 Å². The smallest absolute Gasteiger partial charge is 0.420 e. The largest absolute Gasteiger partial charge is 0.487 e. The molecule has 2 aliphatic heterocycles. The molecule has 3 aromatic rings. The Bertz CT molecular complexity index is 1230. The lowest BCUT2D eigenvalue weighted by Crippen LogP contribution is -2.49. The van der Waals surface area contributed by atoms with Crippen LogP contribution in [-0.2, 0) is 15.0 Å². The summed E-state index contributed by atoms with van der Waals surface area (Å²) in [5.41, 5.74) is -0.905. The summed E-state index contributed by atoms with van der Waals surface area (Å²) in [5, 5.41) is 7.05. The third-order valence-corrected chi connectivity index (χ3v) is 6.63. The Kier molecular flexibility index (Phi) is 5.31. The molecule has 7 nitrogen and oxygen atoms in total. The van der Waals surface area contributed by atoms with Gasteiger partial charge in [0.1, 0.15) is 5.75 Å². The Morgan fingerprint density at radius 1 is 1.15 bits per heavy atom. The number of hydrogen-bond donors (Lipinski definition) is 1. The van der Waals surface area contributed by atoms with E-state index in [0.717, 1.165) is 16.8 Å². The third-order valence-electron chi connectivity index (χ3n) is 6.56. The van der Waals surface area contributed by atoms with E-state index in [0.29, 0.717) is 37.3 Å². The van der Waals surface area contributed by atoms with Crippen LogP contribution in [0.4, 0.5) is 20.2 Å². The number of ether oxygens (including phenoxy) is 1. The summed E-state index contributed by atoms with van der Waals surface area (Å²) in [6.07, 6.45) is 2.60. The van der Waals surface area contributed by atoms with E-state index in [-0.39, 0.29) is 17.6 Å². The van der Waals surface area contributed by atoms with Gasteiger partial charge in [0.2, 0.25) is 11.8 Å². The first kappa shape index (κ1) is 22.3. The van der Waals surface area contributed by atoms with Gasteiger partial charge in [0.05, 0.1) is 16.8 Å². The number of fused-ring (bicyclic) bond motifs is 2. The van der Waals surface area contributed by atoms with E-state index in [4.69, 9.17) is 11.6 Å². The monoisotopic (exact) mass is 486 g/mol. The number of rotatable bonds is 4. The first-order chi connectivity index (χ1) is 16.2. The van der Waals surface area contributed by atoms with Crippen LogP contribution >= 0.6 is 11.6 Å². The van der Waals surface area contributed by atoms with Crippen molar-refractivity contribution in [3.8, 4) is 17.0 Å². The van der Waals surface area contributed by atoms with E-state index in [2.05, 4.69) is 14.9 Å². The minimum absolute atomic E-state index is 0.0223. The van der Waals surface area contributed by atoms with Crippen molar-refractivity contribution < 1.29 is 23.1 Å². The van der Waals surface area contributed by atoms with Crippen molar-refractivity contribution in [2.75, 3.05) is 18.0 Å². The highest BCUT2D eigenvalue weighted by atomic mass is 35.5. The molecule has 0 unspecified atom stereocenters. The minimum Gasteiger partial charge on any atom is -0.420 e. The number of piperidine rings is 1. The van der Waals surface area contributed by atoms with Crippen molar-refractivity contribution >= 4 is 34.8 Å². The normalized spacial score (nSPS) is 17.2. The van der Waals surface area contributed by atoms with Crippen molar-refractivity contribution in [2.45, 2.75) is 30.7 Å². The van der Waals surface area contributed by atoms with Crippen LogP contribution in [0, 0.1) is 0 Å². The van der Waals surface area contributed by atoms with E-state index in [1.54, 1.807) is 28.1 Å². The van der Waals surface area contributed by atoms with Crippen LogP contribution in [-0.4, -0.2) is 45.6 Å². The molecule has 1 spiro atoms. The second kappa shape index (κ2) is 8.09. The predicted octanol–water partition coefficient (Wildman–Crippen LogP) is 4.80. The zero-order valence-electron chi connectivity index (χ0n) is 18.2. The Morgan fingerprint density at radius 2 is 1.85 bits per heavy atom. The molecule has 1 aromatic heterocycles. The molecule has 5 rings (SSSR count). The van der Waals surface area contributed by atoms with Gasteiger partial charge in [0.25, 0.3) is 0 Å². The van der Waals surface area contributed by atoms with Crippen molar-refractivity contribution in [3.63, 3.8) is 0 Å². The second-order valence-electron chi connectivity index (χ2n) is 8.44. The number of alkyl halides is 3. The van der Waals surface area contributed by atoms with E-state index >= 15 is 0 Å². The Labute approximate surface area is 199 Å². The van der Waals surface area contributed by atoms with Crippen LogP contribution in [0.2, 0.25) is 0 Å². The van der Waals surface area contributed by atoms with Crippen LogP contribution < -0.4 is 9.64 Å². The number of likely N-dealkylation sites (tertiary alicyclic amines) is 1. The highest BCUT2D eigenvalue weighted by Crippen LogP contribution is 2.53. The van der Waals surface area contributed by atoms with Gasteiger partial charge in [-0.3, -0.25) is 19.6 Å². The number of H-pyrrole nitrogens is 1. The number of benzene rings is 2. The topological polar surface area (TPSA) is 78.5 Å². The number of halogens is 3. The average Bonchev–Trinajstić information content (AvgIpc) is 3.41. The summed E-state index contributed by atoms with van der Waals surface area (Å²) in [5.74, 6) is -0.258. The average molecular weight is 487 g/mol. The van der Waals surface area contributed by atoms with Gasteiger partial charge in [0.15, 0.2) is 0 Å². The van der Waals surface area contributed by atoms with Gasteiger partial charge in [-0.05, 0) is 49.2 Å². The number of carbonyl (C=O) groups is 2. The molecule has 0 aliphatic carbocycles. The fraction of sp³-hybridized carbons (Fsp3) is 0.292. The fourth-order valence-electron chi connectivity index (χ4n) is 5.01. The van der Waals surface area contributed by atoms with Gasteiger partial charge >= 0.3 is 5.57 Å². The molecular formula is C24H21ClF2N4O3. The number of hydrogen-bond acceptors (Lipinski definition) is 4. The Hall–Kier alpha value is -3.46. The number of carbonyl (C=O) groups excluding carboxylic acids is 2. The van der Waals surface area contributed by atoms with E-state index in [1.807, 2.05) is 24.3 Å². The summed E-state index contributed by atoms with van der Waals surface area (Å²) in [6.45, 7) is 2.45. The van der Waals surface area contributed by atoms with Crippen LogP contribution in [0.5, 0.6) is 5.75 Å². The van der Waals surface area contributed by atoms with Crippen LogP contribution in [0.25, 0.3) is 11.3 Å². The molecule has 0 bridgehead atoms. The van der Waals surface area contributed by atoms with Crippen molar-refractivity contribution in [1.82, 2.24) is 15.1 Å². The second-order valence-corrected chi connectivity index (χ2v) is 8.88. The van der Waals surface area contributed by atoms with E-state index < -0.39 is 11.0 Å². The molecule has 0 saturated carbocycles. The fourth-order valence-corrected chi connectivity index (χ4v) is 5.10. The summed E-state index contributed by atoms with van der Waals surface area (Å²) < 4.78 is 30.4. The van der Waals surface area contributed by atoms with Gasteiger partial charge in [-0.25, -0.2) is 0 Å². The first-order valence-electron chi connectivity index (χ1n) is 10.8. The molecule has 1 saturated heterocycles. The molecule has 176 valence electrons. The van der Waals surface area contributed by atoms with Crippen LogP contribution in [0.15, 0.2) is 54.7 Å². The lowest BCUT2D eigenvalue weighted by atomic mass is 9.71. The van der Waals surface area contributed by atoms with Crippen molar-refractivity contribution in [1.29, 1.82) is 0 Å². The van der Waals surface area contributed by atoms with Gasteiger partial charge in [-0.15, -0.1) is 8.78 Å². The standard InChI is InChI=1S/C24H21ClF2N4O3/c1-15(32)30-13-10-23(11-14-30)21-18(19-9-12-28-29-19)3-2-4-20(21)31(22(23)33)16-5-7-17(8-6-16)34-24(25,26)27/h2-9,12H,10-11,13-14H2,1H3,(H,28,29). The maximum absolute atomic E-state index is 14.1. The Balaban J connectivity index is 1.61. The van der Waals surface area contributed by atoms with Gasteiger partial charge in [0, 0.05) is 54.6 Å². The number of aromatic nitrogens is 2. The number of aromatic amines is 1.